The van der Waals surface area contributed by atoms with Gasteiger partial charge in [-0.1, -0.05) is 30.3 Å². The second-order valence-electron chi connectivity index (χ2n) is 5.96. The summed E-state index contributed by atoms with van der Waals surface area (Å²) in [6, 6.07) is 11.0. The van der Waals surface area contributed by atoms with Crippen LogP contribution in [0.2, 0.25) is 0 Å². The number of nitrogens with zero attached hydrogens (tertiary/aromatic N) is 1. The van der Waals surface area contributed by atoms with E-state index in [0.717, 1.165) is 25.3 Å². The maximum absolute atomic E-state index is 4.31. The molecule has 0 amide bonds. The van der Waals surface area contributed by atoms with Crippen LogP contribution in [0.15, 0.2) is 35.3 Å². The largest absolute Gasteiger partial charge is 0.355 e. The number of aryl methyl sites for hydroxylation is 1. The molecule has 3 nitrogen and oxygen atoms in total. The first kappa shape index (κ1) is 17.9. The molecule has 21 heavy (non-hydrogen) atoms. The van der Waals surface area contributed by atoms with E-state index < -0.39 is 0 Å². The number of hydrogen-bond donors (Lipinski definition) is 2. The van der Waals surface area contributed by atoms with Crippen molar-refractivity contribution in [3.8, 4) is 0 Å². The van der Waals surface area contributed by atoms with Crippen molar-refractivity contribution in [2.75, 3.05) is 19.8 Å². The monoisotopic (exact) mass is 307 g/mol. The van der Waals surface area contributed by atoms with Crippen LogP contribution in [0, 0.1) is 0 Å². The van der Waals surface area contributed by atoms with E-state index in [9.17, 15) is 0 Å². The molecule has 0 saturated heterocycles. The highest BCUT2D eigenvalue weighted by atomic mass is 32.2. The molecule has 1 unspecified atom stereocenters. The fourth-order valence-corrected chi connectivity index (χ4v) is 2.11. The summed E-state index contributed by atoms with van der Waals surface area (Å²) in [7, 11) is 1.82. The Bertz CT molecular complexity index is 429. The van der Waals surface area contributed by atoms with Crippen molar-refractivity contribution in [1.29, 1.82) is 0 Å². The Labute approximate surface area is 134 Å². The van der Waals surface area contributed by atoms with Gasteiger partial charge in [0.15, 0.2) is 5.96 Å². The highest BCUT2D eigenvalue weighted by molar-refractivity contribution is 7.99. The number of aliphatic imine (C=N–C) groups is 1. The zero-order valence-corrected chi connectivity index (χ0v) is 14.8. The summed E-state index contributed by atoms with van der Waals surface area (Å²) in [4.78, 5) is 4.31. The van der Waals surface area contributed by atoms with Crippen molar-refractivity contribution in [2.24, 2.45) is 4.99 Å². The fourth-order valence-electron chi connectivity index (χ4n) is 1.90. The van der Waals surface area contributed by atoms with Crippen LogP contribution in [0.5, 0.6) is 0 Å². The van der Waals surface area contributed by atoms with Gasteiger partial charge in [-0.05, 0) is 45.4 Å². The molecule has 0 radical (unpaired) electrons. The molecule has 0 aliphatic carbocycles. The highest BCUT2D eigenvalue weighted by Gasteiger charge is 2.16. The molecule has 0 aliphatic heterocycles. The van der Waals surface area contributed by atoms with Crippen LogP contribution in [0.4, 0.5) is 0 Å². The predicted molar refractivity (Wildman–Crippen MR) is 96.3 cm³/mol. The summed E-state index contributed by atoms with van der Waals surface area (Å²) in [6.45, 7) is 7.57. The van der Waals surface area contributed by atoms with E-state index in [4.69, 9.17) is 0 Å². The van der Waals surface area contributed by atoms with Gasteiger partial charge in [-0.25, -0.2) is 0 Å². The average molecular weight is 308 g/mol. The minimum atomic E-state index is 0.213. The Hall–Kier alpha value is -1.16. The van der Waals surface area contributed by atoms with Crippen LogP contribution >= 0.6 is 11.8 Å². The Morgan fingerprint density at radius 3 is 2.52 bits per heavy atom. The van der Waals surface area contributed by atoms with E-state index in [1.807, 2.05) is 18.8 Å². The minimum Gasteiger partial charge on any atom is -0.355 e. The quantitative estimate of drug-likeness (QED) is 0.599. The standard InChI is InChI=1S/C17H29N3S/c1-14(11-12-15-9-7-6-8-10-15)20-16(18-4)19-13-17(2,3)21-5/h6-10,14H,11-13H2,1-5H3,(H2,18,19,20). The van der Waals surface area contributed by atoms with E-state index >= 15 is 0 Å². The lowest BCUT2D eigenvalue weighted by Crippen LogP contribution is -2.46. The number of nitrogens with one attached hydrogen (secondary N) is 2. The van der Waals surface area contributed by atoms with Gasteiger partial charge in [-0.2, -0.15) is 11.8 Å². The van der Waals surface area contributed by atoms with Crippen LogP contribution in [0.1, 0.15) is 32.8 Å². The minimum absolute atomic E-state index is 0.213. The molecular formula is C17H29N3S. The normalized spacial score (nSPS) is 13.9. The molecule has 0 aromatic heterocycles. The number of guanidine groups is 1. The van der Waals surface area contributed by atoms with Crippen molar-refractivity contribution < 1.29 is 0 Å². The van der Waals surface area contributed by atoms with E-state index in [0.29, 0.717) is 6.04 Å². The van der Waals surface area contributed by atoms with E-state index in [2.05, 4.69) is 73.0 Å². The summed E-state index contributed by atoms with van der Waals surface area (Å²) >= 11 is 1.86. The van der Waals surface area contributed by atoms with Gasteiger partial charge in [0.25, 0.3) is 0 Å². The van der Waals surface area contributed by atoms with Crippen LogP contribution < -0.4 is 10.6 Å². The molecule has 118 valence electrons. The molecule has 0 spiro atoms. The van der Waals surface area contributed by atoms with Crippen molar-refractivity contribution >= 4 is 17.7 Å². The first-order valence-electron chi connectivity index (χ1n) is 7.53. The fraction of sp³-hybridized carbons (Fsp3) is 0.588. The first-order chi connectivity index (χ1) is 9.96. The zero-order chi connectivity index (χ0) is 15.7. The maximum atomic E-state index is 4.31. The van der Waals surface area contributed by atoms with Gasteiger partial charge in [0, 0.05) is 24.4 Å². The lowest BCUT2D eigenvalue weighted by Gasteiger charge is -2.25. The second-order valence-corrected chi connectivity index (χ2v) is 7.47. The second kappa shape index (κ2) is 8.98. The van der Waals surface area contributed by atoms with Gasteiger partial charge in [-0.15, -0.1) is 0 Å². The molecule has 1 aromatic carbocycles. The molecule has 0 bridgehead atoms. The van der Waals surface area contributed by atoms with Crippen molar-refractivity contribution in [3.63, 3.8) is 0 Å². The van der Waals surface area contributed by atoms with Crippen molar-refractivity contribution in [1.82, 2.24) is 10.6 Å². The number of benzene rings is 1. The molecule has 4 heteroatoms. The van der Waals surface area contributed by atoms with Crippen LogP contribution in [-0.2, 0) is 6.42 Å². The zero-order valence-electron chi connectivity index (χ0n) is 13.9. The van der Waals surface area contributed by atoms with Crippen LogP contribution in [0.25, 0.3) is 0 Å². The molecule has 0 fully saturated rings. The molecule has 2 N–H and O–H groups in total. The molecule has 1 rings (SSSR count). The molecule has 1 aromatic rings. The lowest BCUT2D eigenvalue weighted by molar-refractivity contribution is 0.584. The smallest absolute Gasteiger partial charge is 0.191 e. The maximum Gasteiger partial charge on any atom is 0.191 e. The molecule has 0 heterocycles. The van der Waals surface area contributed by atoms with Gasteiger partial charge in [0.05, 0.1) is 0 Å². The first-order valence-corrected chi connectivity index (χ1v) is 8.75. The molecular weight excluding hydrogens is 278 g/mol. The van der Waals surface area contributed by atoms with Crippen LogP contribution in [0.3, 0.4) is 0 Å². The average Bonchev–Trinajstić information content (AvgIpc) is 2.50. The molecule has 0 aliphatic rings. The Kier molecular flexibility index (Phi) is 7.65. The third kappa shape index (κ3) is 7.42. The van der Waals surface area contributed by atoms with Gasteiger partial charge in [0.2, 0.25) is 0 Å². The summed E-state index contributed by atoms with van der Waals surface area (Å²) in [5.74, 6) is 0.887. The highest BCUT2D eigenvalue weighted by Crippen LogP contribution is 2.19. The Morgan fingerprint density at radius 2 is 1.95 bits per heavy atom. The number of hydrogen-bond acceptors (Lipinski definition) is 2. The summed E-state index contributed by atoms with van der Waals surface area (Å²) in [5, 5.41) is 6.87. The van der Waals surface area contributed by atoms with E-state index in [1.54, 1.807) is 0 Å². The molecule has 0 saturated carbocycles. The van der Waals surface area contributed by atoms with Gasteiger partial charge in [0.1, 0.15) is 0 Å². The number of thioether (sulfide) groups is 1. The van der Waals surface area contributed by atoms with Gasteiger partial charge >= 0.3 is 0 Å². The van der Waals surface area contributed by atoms with Gasteiger partial charge in [-0.3, -0.25) is 4.99 Å². The Balaban J connectivity index is 2.36. The molecule has 1 atom stereocenters. The third-order valence-corrected chi connectivity index (χ3v) is 4.80. The summed E-state index contributed by atoms with van der Waals surface area (Å²) in [5.41, 5.74) is 1.39. The lowest BCUT2D eigenvalue weighted by atomic mass is 10.1. The van der Waals surface area contributed by atoms with E-state index in [-0.39, 0.29) is 4.75 Å². The van der Waals surface area contributed by atoms with Gasteiger partial charge < -0.3 is 10.6 Å². The topological polar surface area (TPSA) is 36.4 Å². The predicted octanol–water partition coefficient (Wildman–Crippen LogP) is 3.31. The number of rotatable bonds is 7. The SMILES string of the molecule is CN=C(NCC(C)(C)SC)NC(C)CCc1ccccc1. The Morgan fingerprint density at radius 1 is 1.29 bits per heavy atom. The third-order valence-electron chi connectivity index (χ3n) is 3.55. The van der Waals surface area contributed by atoms with Crippen LogP contribution in [-0.4, -0.2) is 36.6 Å². The summed E-state index contributed by atoms with van der Waals surface area (Å²) < 4.78 is 0.213. The van der Waals surface area contributed by atoms with E-state index in [1.165, 1.54) is 5.56 Å². The summed E-state index contributed by atoms with van der Waals surface area (Å²) in [6.07, 6.45) is 4.32. The van der Waals surface area contributed by atoms with Crippen molar-refractivity contribution in [3.05, 3.63) is 35.9 Å². The van der Waals surface area contributed by atoms with Crippen molar-refractivity contribution in [2.45, 2.75) is 44.4 Å².